The third-order valence-corrected chi connectivity index (χ3v) is 4.01. The van der Waals surface area contributed by atoms with Gasteiger partial charge in [0.05, 0.1) is 0 Å². The normalized spacial score (nSPS) is 10.9. The number of benzene rings is 2. The van der Waals surface area contributed by atoms with Crippen molar-refractivity contribution in [3.8, 4) is 0 Å². The molecule has 0 radical (unpaired) electrons. The first-order valence-corrected chi connectivity index (χ1v) is 9.55. The number of ketones is 1. The van der Waals surface area contributed by atoms with Crippen molar-refractivity contribution < 1.29 is 19.1 Å². The Kier molecular flexibility index (Phi) is 7.53. The van der Waals surface area contributed by atoms with Crippen molar-refractivity contribution in [1.82, 2.24) is 4.90 Å². The second-order valence-corrected chi connectivity index (χ2v) is 7.87. The number of rotatable bonds is 7. The van der Waals surface area contributed by atoms with E-state index in [-0.39, 0.29) is 24.5 Å². The van der Waals surface area contributed by atoms with Crippen molar-refractivity contribution in [2.24, 2.45) is 0 Å². The lowest BCUT2D eigenvalue weighted by Crippen LogP contribution is -2.33. The maximum atomic E-state index is 12.2. The van der Waals surface area contributed by atoms with E-state index >= 15 is 0 Å². The van der Waals surface area contributed by atoms with Gasteiger partial charge in [0.15, 0.2) is 5.78 Å². The van der Waals surface area contributed by atoms with Crippen LogP contribution < -0.4 is 5.32 Å². The Hall–Kier alpha value is -3.15. The first-order valence-electron chi connectivity index (χ1n) is 9.55. The molecule has 1 N–H and O–H groups in total. The molecule has 2 rings (SSSR count). The van der Waals surface area contributed by atoms with Crippen LogP contribution in [0.25, 0.3) is 0 Å². The number of carbonyl (C=O) groups is 3. The molecule has 0 aliphatic heterocycles. The average Bonchev–Trinajstić information content (AvgIpc) is 2.65. The first kappa shape index (κ1) is 22.1. The quantitative estimate of drug-likeness (QED) is 0.691. The Labute approximate surface area is 171 Å². The molecule has 2 amide bonds. The molecule has 6 nitrogen and oxygen atoms in total. The third-order valence-electron chi connectivity index (χ3n) is 4.01. The van der Waals surface area contributed by atoms with Crippen LogP contribution in [0, 0.1) is 0 Å². The summed E-state index contributed by atoms with van der Waals surface area (Å²) in [5, 5.41) is 2.80. The third kappa shape index (κ3) is 7.78. The highest BCUT2D eigenvalue weighted by atomic mass is 16.6. The van der Waals surface area contributed by atoms with E-state index in [1.165, 1.54) is 4.90 Å². The zero-order valence-electron chi connectivity index (χ0n) is 17.4. The summed E-state index contributed by atoms with van der Waals surface area (Å²) in [6.45, 7) is 5.80. The highest BCUT2D eigenvalue weighted by molar-refractivity contribution is 5.99. The lowest BCUT2D eigenvalue weighted by atomic mass is 10.1. The van der Waals surface area contributed by atoms with Crippen LogP contribution in [0.15, 0.2) is 54.6 Å². The summed E-state index contributed by atoms with van der Waals surface area (Å²) in [5.41, 5.74) is 1.53. The monoisotopic (exact) mass is 396 g/mol. The van der Waals surface area contributed by atoms with Gasteiger partial charge in [0.2, 0.25) is 5.91 Å². The maximum absolute atomic E-state index is 12.2. The van der Waals surface area contributed by atoms with Gasteiger partial charge in [0, 0.05) is 37.7 Å². The van der Waals surface area contributed by atoms with E-state index in [2.05, 4.69) is 5.32 Å². The van der Waals surface area contributed by atoms with Crippen LogP contribution in [0.4, 0.5) is 10.5 Å². The molecule has 0 unspecified atom stereocenters. The van der Waals surface area contributed by atoms with Gasteiger partial charge in [-0.15, -0.1) is 0 Å². The SMILES string of the molecule is CN(Cc1cccc(NC(=O)CCC(=O)c2ccccc2)c1)C(=O)OC(C)(C)C. The Bertz CT molecular complexity index is 857. The van der Waals surface area contributed by atoms with Gasteiger partial charge in [-0.3, -0.25) is 9.59 Å². The highest BCUT2D eigenvalue weighted by Gasteiger charge is 2.19. The van der Waals surface area contributed by atoms with Crippen LogP contribution in [0.1, 0.15) is 49.5 Å². The van der Waals surface area contributed by atoms with Gasteiger partial charge >= 0.3 is 6.09 Å². The summed E-state index contributed by atoms with van der Waals surface area (Å²) in [4.78, 5) is 37.9. The molecule has 2 aromatic rings. The zero-order chi connectivity index (χ0) is 21.4. The molecular weight excluding hydrogens is 368 g/mol. The van der Waals surface area contributed by atoms with E-state index in [1.807, 2.05) is 39.0 Å². The smallest absolute Gasteiger partial charge is 0.410 e. The van der Waals surface area contributed by atoms with Crippen molar-refractivity contribution in [2.75, 3.05) is 12.4 Å². The van der Waals surface area contributed by atoms with Gasteiger partial charge in [0.25, 0.3) is 0 Å². The van der Waals surface area contributed by atoms with Gasteiger partial charge in [-0.2, -0.15) is 0 Å². The largest absolute Gasteiger partial charge is 0.444 e. The Balaban J connectivity index is 1.88. The Morgan fingerprint density at radius 1 is 0.966 bits per heavy atom. The molecule has 0 aromatic heterocycles. The van der Waals surface area contributed by atoms with Crippen LogP contribution in [-0.2, 0) is 16.1 Å². The predicted molar refractivity (Wildman–Crippen MR) is 113 cm³/mol. The zero-order valence-corrected chi connectivity index (χ0v) is 17.4. The standard InChI is InChI=1S/C23H28N2O4/c1-23(2,3)29-22(28)25(4)16-17-9-8-12-19(15-17)24-21(27)14-13-20(26)18-10-6-5-7-11-18/h5-12,15H,13-14,16H2,1-4H3,(H,24,27). The first-order chi connectivity index (χ1) is 13.6. The van der Waals surface area contributed by atoms with E-state index in [0.29, 0.717) is 17.8 Å². The molecule has 0 heterocycles. The second kappa shape index (κ2) is 9.87. The van der Waals surface area contributed by atoms with Crippen LogP contribution in [0.5, 0.6) is 0 Å². The van der Waals surface area contributed by atoms with E-state index in [4.69, 9.17) is 4.74 Å². The summed E-state index contributed by atoms with van der Waals surface area (Å²) in [7, 11) is 1.66. The van der Waals surface area contributed by atoms with Crippen molar-refractivity contribution in [3.05, 3.63) is 65.7 Å². The molecule has 2 aromatic carbocycles. The average molecular weight is 396 g/mol. The van der Waals surface area contributed by atoms with Gasteiger partial charge in [-0.1, -0.05) is 42.5 Å². The van der Waals surface area contributed by atoms with Crippen LogP contribution in [0.3, 0.4) is 0 Å². The lowest BCUT2D eigenvalue weighted by Gasteiger charge is -2.24. The van der Waals surface area contributed by atoms with Crippen LogP contribution in [0.2, 0.25) is 0 Å². The molecule has 29 heavy (non-hydrogen) atoms. The summed E-state index contributed by atoms with van der Waals surface area (Å²) < 4.78 is 5.34. The molecule has 154 valence electrons. The summed E-state index contributed by atoms with van der Waals surface area (Å²) in [6.07, 6.45) is -0.154. The number of ether oxygens (including phenoxy) is 1. The van der Waals surface area contributed by atoms with Crippen molar-refractivity contribution in [2.45, 2.75) is 45.8 Å². The number of hydrogen-bond acceptors (Lipinski definition) is 4. The molecule has 0 fully saturated rings. The number of nitrogens with zero attached hydrogens (tertiary/aromatic N) is 1. The Morgan fingerprint density at radius 2 is 1.66 bits per heavy atom. The van der Waals surface area contributed by atoms with E-state index in [1.54, 1.807) is 43.4 Å². The fourth-order valence-corrected chi connectivity index (χ4v) is 2.64. The van der Waals surface area contributed by atoms with E-state index in [9.17, 15) is 14.4 Å². The van der Waals surface area contributed by atoms with E-state index in [0.717, 1.165) is 5.56 Å². The topological polar surface area (TPSA) is 75.7 Å². The molecule has 0 spiro atoms. The molecule has 0 saturated carbocycles. The summed E-state index contributed by atoms with van der Waals surface area (Å²) >= 11 is 0. The minimum absolute atomic E-state index is 0.0616. The maximum Gasteiger partial charge on any atom is 0.410 e. The summed E-state index contributed by atoms with van der Waals surface area (Å²) in [6, 6.07) is 16.2. The molecule has 6 heteroatoms. The highest BCUT2D eigenvalue weighted by Crippen LogP contribution is 2.15. The van der Waals surface area contributed by atoms with Gasteiger partial charge < -0.3 is 15.0 Å². The molecular formula is C23H28N2O4. The van der Waals surface area contributed by atoms with E-state index < -0.39 is 11.7 Å². The number of Topliss-reactive ketones (excluding diaryl/α,β-unsaturated/α-hetero) is 1. The minimum atomic E-state index is -0.557. The van der Waals surface area contributed by atoms with Gasteiger partial charge in [0.1, 0.15) is 5.60 Å². The molecule has 0 aliphatic rings. The molecule has 0 saturated heterocycles. The van der Waals surface area contributed by atoms with Gasteiger partial charge in [-0.25, -0.2) is 4.79 Å². The number of amides is 2. The minimum Gasteiger partial charge on any atom is -0.444 e. The van der Waals surface area contributed by atoms with Crippen LogP contribution >= 0.6 is 0 Å². The Morgan fingerprint density at radius 3 is 2.31 bits per heavy atom. The number of carbonyl (C=O) groups excluding carboxylic acids is 3. The number of anilines is 1. The number of nitrogens with one attached hydrogen (secondary N) is 1. The van der Waals surface area contributed by atoms with Crippen LogP contribution in [-0.4, -0.2) is 35.3 Å². The van der Waals surface area contributed by atoms with Gasteiger partial charge in [-0.05, 0) is 38.5 Å². The molecule has 0 bridgehead atoms. The van der Waals surface area contributed by atoms with Crippen molar-refractivity contribution >= 4 is 23.5 Å². The fourth-order valence-electron chi connectivity index (χ4n) is 2.64. The van der Waals surface area contributed by atoms with Crippen molar-refractivity contribution in [3.63, 3.8) is 0 Å². The molecule has 0 atom stereocenters. The second-order valence-electron chi connectivity index (χ2n) is 7.87. The summed E-state index contributed by atoms with van der Waals surface area (Å²) in [5.74, 6) is -0.291. The molecule has 0 aliphatic carbocycles. The fraction of sp³-hybridized carbons (Fsp3) is 0.348. The van der Waals surface area contributed by atoms with Crippen molar-refractivity contribution in [1.29, 1.82) is 0 Å². The number of hydrogen-bond donors (Lipinski definition) is 1. The lowest BCUT2D eigenvalue weighted by molar-refractivity contribution is -0.116. The predicted octanol–water partition coefficient (Wildman–Crippen LogP) is 4.66.